The summed E-state index contributed by atoms with van der Waals surface area (Å²) in [4.78, 5) is 35.7. The summed E-state index contributed by atoms with van der Waals surface area (Å²) in [5.74, 6) is -2.45. The molecule has 100 valence electrons. The topological polar surface area (TPSA) is 77.9 Å². The van der Waals surface area contributed by atoms with Gasteiger partial charge in [0.2, 0.25) is 0 Å². The molecule has 0 aromatic rings. The zero-order chi connectivity index (χ0) is 13.7. The third kappa shape index (κ3) is 1.76. The van der Waals surface area contributed by atoms with Gasteiger partial charge in [0.05, 0.1) is 0 Å². The van der Waals surface area contributed by atoms with Crippen LogP contribution in [0.3, 0.4) is 0 Å². The third-order valence-electron chi connectivity index (χ3n) is 3.53. The van der Waals surface area contributed by atoms with E-state index in [4.69, 9.17) is 5.11 Å². The van der Waals surface area contributed by atoms with E-state index < -0.39 is 23.3 Å². The van der Waals surface area contributed by atoms with Crippen molar-refractivity contribution in [1.82, 2.24) is 10.0 Å². The second-order valence-electron chi connectivity index (χ2n) is 5.94. The number of carbonyl (C=O) groups excluding carboxylic acids is 2. The van der Waals surface area contributed by atoms with Crippen LogP contribution in [0.4, 0.5) is 0 Å². The van der Waals surface area contributed by atoms with Gasteiger partial charge in [0.25, 0.3) is 11.8 Å². The van der Waals surface area contributed by atoms with Crippen molar-refractivity contribution in [3.63, 3.8) is 0 Å². The van der Waals surface area contributed by atoms with E-state index >= 15 is 0 Å². The number of aliphatic carboxylic acids is 1. The van der Waals surface area contributed by atoms with Gasteiger partial charge in [0, 0.05) is 6.54 Å². The van der Waals surface area contributed by atoms with Crippen molar-refractivity contribution in [1.29, 1.82) is 0 Å². The lowest BCUT2D eigenvalue weighted by Crippen LogP contribution is -2.54. The first-order valence-electron chi connectivity index (χ1n) is 6.12. The highest BCUT2D eigenvalue weighted by Gasteiger charge is 2.55. The Balaban J connectivity index is 2.37. The van der Waals surface area contributed by atoms with Gasteiger partial charge >= 0.3 is 5.97 Å². The van der Waals surface area contributed by atoms with Crippen molar-refractivity contribution in [2.75, 3.05) is 6.54 Å². The van der Waals surface area contributed by atoms with Crippen LogP contribution in [0.15, 0.2) is 0 Å². The number of hydrogen-bond acceptors (Lipinski definition) is 3. The predicted octanol–water partition coefficient (Wildman–Crippen LogP) is 0.481. The minimum atomic E-state index is -1.05. The molecule has 2 amide bonds. The number of amides is 2. The summed E-state index contributed by atoms with van der Waals surface area (Å²) in [5, 5.41) is 11.6. The molecule has 2 saturated heterocycles. The van der Waals surface area contributed by atoms with E-state index in [-0.39, 0.29) is 11.8 Å². The quantitative estimate of drug-likeness (QED) is 0.690. The SMILES string of the molecule is CC(C)(C)C1C(=O)N2CCCC(C(=O)O)N2C1=O. The molecule has 6 nitrogen and oxygen atoms in total. The van der Waals surface area contributed by atoms with Gasteiger partial charge in [0.1, 0.15) is 5.92 Å². The van der Waals surface area contributed by atoms with E-state index in [0.717, 1.165) is 5.01 Å². The van der Waals surface area contributed by atoms with Crippen LogP contribution in [0.5, 0.6) is 0 Å². The molecule has 0 aromatic heterocycles. The van der Waals surface area contributed by atoms with Gasteiger partial charge in [-0.05, 0) is 18.3 Å². The molecule has 2 unspecified atom stereocenters. The summed E-state index contributed by atoms with van der Waals surface area (Å²) in [5.41, 5.74) is -0.492. The van der Waals surface area contributed by atoms with Crippen LogP contribution < -0.4 is 0 Å². The minimum Gasteiger partial charge on any atom is -0.480 e. The molecule has 2 aliphatic rings. The van der Waals surface area contributed by atoms with Gasteiger partial charge < -0.3 is 5.11 Å². The molecular formula is C12H18N2O4. The van der Waals surface area contributed by atoms with Crippen molar-refractivity contribution >= 4 is 17.8 Å². The van der Waals surface area contributed by atoms with E-state index in [2.05, 4.69) is 0 Å². The second kappa shape index (κ2) is 3.96. The Bertz CT molecular complexity index is 413. The monoisotopic (exact) mass is 254 g/mol. The Morgan fingerprint density at radius 2 is 1.89 bits per heavy atom. The molecule has 2 atom stereocenters. The molecule has 1 N–H and O–H groups in total. The molecule has 6 heteroatoms. The zero-order valence-electron chi connectivity index (χ0n) is 10.8. The first kappa shape index (κ1) is 12.9. The van der Waals surface area contributed by atoms with Crippen molar-refractivity contribution in [3.8, 4) is 0 Å². The number of carboxylic acid groups (broad SMARTS) is 1. The predicted molar refractivity (Wildman–Crippen MR) is 62.2 cm³/mol. The van der Waals surface area contributed by atoms with Crippen LogP contribution in [0.25, 0.3) is 0 Å². The summed E-state index contributed by atoms with van der Waals surface area (Å²) in [6.45, 7) is 5.90. The molecule has 2 heterocycles. The average Bonchev–Trinajstić information content (AvgIpc) is 2.50. The molecule has 2 aliphatic heterocycles. The second-order valence-corrected chi connectivity index (χ2v) is 5.94. The van der Waals surface area contributed by atoms with E-state index in [1.54, 1.807) is 0 Å². The molecule has 0 radical (unpaired) electrons. The molecule has 0 saturated carbocycles. The lowest BCUT2D eigenvalue weighted by atomic mass is 9.80. The minimum absolute atomic E-state index is 0.265. The number of carbonyl (C=O) groups is 3. The van der Waals surface area contributed by atoms with Crippen LogP contribution in [0, 0.1) is 11.3 Å². The number of carboxylic acids is 1. The van der Waals surface area contributed by atoms with Gasteiger partial charge in [-0.3, -0.25) is 9.59 Å². The molecule has 2 rings (SSSR count). The number of fused-ring (bicyclic) bond motifs is 1. The van der Waals surface area contributed by atoms with Crippen LogP contribution in [0.1, 0.15) is 33.6 Å². The summed E-state index contributed by atoms with van der Waals surface area (Å²) in [6, 6.07) is -0.900. The molecule has 0 aromatic carbocycles. The Hall–Kier alpha value is -1.59. The number of hydrogen-bond donors (Lipinski definition) is 1. The van der Waals surface area contributed by atoms with Crippen molar-refractivity contribution in [3.05, 3.63) is 0 Å². The molecule has 0 aliphatic carbocycles. The Morgan fingerprint density at radius 1 is 1.28 bits per heavy atom. The summed E-state index contributed by atoms with van der Waals surface area (Å²) in [7, 11) is 0. The molecular weight excluding hydrogens is 236 g/mol. The normalized spacial score (nSPS) is 28.6. The van der Waals surface area contributed by atoms with Crippen LogP contribution in [-0.4, -0.2) is 45.5 Å². The first-order chi connectivity index (χ1) is 8.25. The van der Waals surface area contributed by atoms with E-state index in [1.165, 1.54) is 5.01 Å². The summed E-state index contributed by atoms with van der Waals surface area (Å²) >= 11 is 0. The van der Waals surface area contributed by atoms with Gasteiger partial charge in [-0.15, -0.1) is 0 Å². The third-order valence-corrected chi connectivity index (χ3v) is 3.53. The van der Waals surface area contributed by atoms with Crippen molar-refractivity contribution in [2.45, 2.75) is 39.7 Å². The van der Waals surface area contributed by atoms with Crippen LogP contribution in [-0.2, 0) is 14.4 Å². The van der Waals surface area contributed by atoms with Crippen molar-refractivity contribution < 1.29 is 19.5 Å². The maximum Gasteiger partial charge on any atom is 0.328 e. The van der Waals surface area contributed by atoms with Gasteiger partial charge in [-0.1, -0.05) is 20.8 Å². The highest BCUT2D eigenvalue weighted by atomic mass is 16.4. The Morgan fingerprint density at radius 3 is 2.39 bits per heavy atom. The number of nitrogens with zero attached hydrogens (tertiary/aromatic N) is 2. The Kier molecular flexibility index (Phi) is 2.83. The van der Waals surface area contributed by atoms with E-state index in [9.17, 15) is 14.4 Å². The average molecular weight is 254 g/mol. The van der Waals surface area contributed by atoms with E-state index in [1.807, 2.05) is 20.8 Å². The maximum absolute atomic E-state index is 12.3. The fraction of sp³-hybridized carbons (Fsp3) is 0.750. The largest absolute Gasteiger partial charge is 0.480 e. The van der Waals surface area contributed by atoms with Gasteiger partial charge in [0.15, 0.2) is 6.04 Å². The zero-order valence-corrected chi connectivity index (χ0v) is 10.8. The molecule has 0 spiro atoms. The first-order valence-corrected chi connectivity index (χ1v) is 6.12. The standard InChI is InChI=1S/C12H18N2O4/c1-12(2,3)8-9(15)13-6-4-5-7(11(17)18)14(13)10(8)16/h7-8H,4-6H2,1-3H3,(H,17,18). The maximum atomic E-state index is 12.3. The van der Waals surface area contributed by atoms with E-state index in [0.29, 0.717) is 19.4 Å². The molecule has 0 bridgehead atoms. The lowest BCUT2D eigenvalue weighted by Gasteiger charge is -2.36. The summed E-state index contributed by atoms with van der Waals surface area (Å²) < 4.78 is 0. The van der Waals surface area contributed by atoms with Crippen LogP contribution >= 0.6 is 0 Å². The molecule has 2 fully saturated rings. The van der Waals surface area contributed by atoms with Gasteiger partial charge in [-0.2, -0.15) is 0 Å². The summed E-state index contributed by atoms with van der Waals surface area (Å²) in [6.07, 6.45) is 1.02. The highest BCUT2D eigenvalue weighted by Crippen LogP contribution is 2.38. The number of hydrazine groups is 1. The fourth-order valence-electron chi connectivity index (χ4n) is 2.68. The van der Waals surface area contributed by atoms with Gasteiger partial charge in [-0.25, -0.2) is 14.8 Å². The molecule has 18 heavy (non-hydrogen) atoms. The Labute approximate surface area is 106 Å². The van der Waals surface area contributed by atoms with Crippen LogP contribution in [0.2, 0.25) is 0 Å². The lowest BCUT2D eigenvalue weighted by molar-refractivity contribution is -0.169. The number of rotatable bonds is 1. The smallest absolute Gasteiger partial charge is 0.328 e. The van der Waals surface area contributed by atoms with Crippen molar-refractivity contribution in [2.24, 2.45) is 11.3 Å². The highest BCUT2D eigenvalue weighted by molar-refractivity contribution is 6.07. The fourth-order valence-corrected chi connectivity index (χ4v) is 2.68.